The van der Waals surface area contributed by atoms with E-state index in [-0.39, 0.29) is 0 Å². The van der Waals surface area contributed by atoms with Crippen molar-refractivity contribution in [3.8, 4) is 0 Å². The summed E-state index contributed by atoms with van der Waals surface area (Å²) in [6, 6.07) is 47.0. The molecule has 0 spiro atoms. The molecule has 0 saturated heterocycles. The van der Waals surface area contributed by atoms with E-state index >= 15 is 0 Å². The number of aryl methyl sites for hydroxylation is 2. The van der Waals surface area contributed by atoms with Crippen LogP contribution in [0.2, 0.25) is 0 Å². The number of halogens is 1. The average molecular weight is 623 g/mol. The van der Waals surface area contributed by atoms with Gasteiger partial charge >= 0.3 is 11.9 Å². The molecule has 0 fully saturated rings. The topological polar surface area (TPSA) is 43.4 Å². The Morgan fingerprint density at radius 2 is 0.878 bits per heavy atom. The second kappa shape index (κ2) is 13.7. The molecule has 0 atom stereocenters. The number of benzene rings is 5. The molecular formula is C36H31BrO3P+. The van der Waals surface area contributed by atoms with E-state index in [1.807, 2.05) is 24.3 Å². The summed E-state index contributed by atoms with van der Waals surface area (Å²) < 4.78 is 5.17. The Labute approximate surface area is 250 Å². The van der Waals surface area contributed by atoms with E-state index in [0.29, 0.717) is 11.1 Å². The number of rotatable bonds is 10. The van der Waals surface area contributed by atoms with Crippen molar-refractivity contribution in [1.29, 1.82) is 0 Å². The highest BCUT2D eigenvalue weighted by Crippen LogP contribution is 2.55. The zero-order chi connectivity index (χ0) is 28.5. The summed E-state index contributed by atoms with van der Waals surface area (Å²) >= 11 is 3.41. The van der Waals surface area contributed by atoms with Crippen molar-refractivity contribution in [2.75, 3.05) is 11.5 Å². The summed E-state index contributed by atoms with van der Waals surface area (Å²) in [5, 5.41) is 4.88. The van der Waals surface area contributed by atoms with Gasteiger partial charge in [-0.1, -0.05) is 94.8 Å². The minimum Gasteiger partial charge on any atom is -0.386 e. The molecule has 0 bridgehead atoms. The molecule has 0 amide bonds. The van der Waals surface area contributed by atoms with Gasteiger partial charge in [-0.15, -0.1) is 0 Å². The van der Waals surface area contributed by atoms with Gasteiger partial charge in [0.05, 0.1) is 17.3 Å². The summed E-state index contributed by atoms with van der Waals surface area (Å²) in [4.78, 5) is 25.3. The van der Waals surface area contributed by atoms with Crippen molar-refractivity contribution in [2.45, 2.75) is 12.8 Å². The molecule has 0 N–H and O–H groups in total. The number of carbonyl (C=O) groups is 2. The molecule has 3 nitrogen and oxygen atoms in total. The minimum atomic E-state index is -1.95. The Bertz CT molecular complexity index is 1470. The third-order valence-electron chi connectivity index (χ3n) is 7.27. The molecule has 204 valence electrons. The third kappa shape index (κ3) is 6.73. The highest BCUT2D eigenvalue weighted by Gasteiger charge is 2.44. The van der Waals surface area contributed by atoms with Gasteiger partial charge in [-0.2, -0.15) is 0 Å². The standard InChI is InChI=1S/C36H31BrO3P/c37-26-24-28-16-20-30(21-17-28)35(38)40-36(39)31-22-18-29(19-23-31)25-27-41(32-10-4-1-5-11-32,33-12-6-2-7-13-33)34-14-8-3-9-15-34/h1-23H,24-27H2/q+1. The molecule has 5 aromatic rings. The van der Waals surface area contributed by atoms with Gasteiger partial charge in [-0.3, -0.25) is 0 Å². The molecule has 0 aliphatic rings. The fourth-order valence-corrected chi connectivity index (χ4v) is 9.87. The van der Waals surface area contributed by atoms with Crippen molar-refractivity contribution < 1.29 is 14.3 Å². The smallest absolute Gasteiger partial charge is 0.346 e. The first-order valence-corrected chi connectivity index (χ1v) is 16.7. The monoisotopic (exact) mass is 621 g/mol. The number of esters is 2. The molecular weight excluding hydrogens is 591 g/mol. The zero-order valence-electron chi connectivity index (χ0n) is 22.7. The predicted molar refractivity (Wildman–Crippen MR) is 174 cm³/mol. The first kappa shape index (κ1) is 28.7. The Kier molecular flexibility index (Phi) is 9.56. The highest BCUT2D eigenvalue weighted by atomic mass is 79.9. The van der Waals surface area contributed by atoms with Crippen molar-refractivity contribution >= 4 is 51.0 Å². The number of alkyl halides is 1. The lowest BCUT2D eigenvalue weighted by Gasteiger charge is -2.27. The van der Waals surface area contributed by atoms with Gasteiger partial charge in [0.25, 0.3) is 0 Å². The zero-order valence-corrected chi connectivity index (χ0v) is 25.1. The Balaban J connectivity index is 1.35. The van der Waals surface area contributed by atoms with Crippen molar-refractivity contribution in [3.05, 3.63) is 162 Å². The molecule has 0 heterocycles. The predicted octanol–water partition coefficient (Wildman–Crippen LogP) is 7.16. The first-order valence-electron chi connectivity index (χ1n) is 13.7. The maximum Gasteiger partial charge on any atom is 0.346 e. The van der Waals surface area contributed by atoms with Crippen LogP contribution in [0.15, 0.2) is 140 Å². The lowest BCUT2D eigenvalue weighted by molar-refractivity contribution is 0.0397. The van der Waals surface area contributed by atoms with Crippen molar-refractivity contribution in [1.82, 2.24) is 0 Å². The SMILES string of the molecule is O=C(OC(=O)c1ccc(CC[P+](c2ccccc2)(c2ccccc2)c2ccccc2)cc1)c1ccc(CCBr)cc1. The van der Waals surface area contributed by atoms with E-state index in [0.717, 1.165) is 35.5 Å². The second-order valence-electron chi connectivity index (χ2n) is 9.80. The molecule has 0 aliphatic carbocycles. The van der Waals surface area contributed by atoms with Crippen LogP contribution < -0.4 is 15.9 Å². The normalized spacial score (nSPS) is 11.1. The molecule has 5 rings (SSSR count). The van der Waals surface area contributed by atoms with Gasteiger partial charge < -0.3 is 4.74 Å². The van der Waals surface area contributed by atoms with Crippen LogP contribution in [0.3, 0.4) is 0 Å². The Morgan fingerprint density at radius 3 is 1.24 bits per heavy atom. The van der Waals surface area contributed by atoms with E-state index in [1.165, 1.54) is 15.9 Å². The van der Waals surface area contributed by atoms with Crippen LogP contribution in [0, 0.1) is 0 Å². The fourth-order valence-electron chi connectivity index (χ4n) is 5.10. The molecule has 5 heteroatoms. The summed E-state index contributed by atoms with van der Waals surface area (Å²) in [6.45, 7) is 0. The van der Waals surface area contributed by atoms with Gasteiger partial charge in [0.2, 0.25) is 0 Å². The van der Waals surface area contributed by atoms with Crippen LogP contribution in [0.25, 0.3) is 0 Å². The average Bonchev–Trinajstić information content (AvgIpc) is 3.04. The van der Waals surface area contributed by atoms with Crippen LogP contribution in [-0.4, -0.2) is 23.4 Å². The maximum atomic E-state index is 12.7. The summed E-state index contributed by atoms with van der Waals surface area (Å²) in [7, 11) is -1.95. The van der Waals surface area contributed by atoms with Gasteiger partial charge in [-0.25, -0.2) is 9.59 Å². The lowest BCUT2D eigenvalue weighted by Crippen LogP contribution is -2.34. The first-order chi connectivity index (χ1) is 20.1. The van der Waals surface area contributed by atoms with Crippen LogP contribution in [-0.2, 0) is 17.6 Å². The molecule has 0 saturated carbocycles. The molecule has 0 aliphatic heterocycles. The van der Waals surface area contributed by atoms with Gasteiger partial charge in [0.1, 0.15) is 23.2 Å². The van der Waals surface area contributed by atoms with Crippen molar-refractivity contribution in [3.63, 3.8) is 0 Å². The quantitative estimate of drug-likeness (QED) is 0.0719. The molecule has 0 unspecified atom stereocenters. The summed E-state index contributed by atoms with van der Waals surface area (Å²) in [6.07, 6.45) is 2.64. The third-order valence-corrected chi connectivity index (χ3v) is 12.1. The number of hydrogen-bond acceptors (Lipinski definition) is 3. The number of ether oxygens (including phenoxy) is 1. The van der Waals surface area contributed by atoms with E-state index in [4.69, 9.17) is 4.74 Å². The van der Waals surface area contributed by atoms with Gasteiger partial charge in [0, 0.05) is 11.8 Å². The van der Waals surface area contributed by atoms with Crippen LogP contribution in [0.5, 0.6) is 0 Å². The minimum absolute atomic E-state index is 0.355. The Hall–Kier alpha value is -3.85. The van der Waals surface area contributed by atoms with E-state index in [1.54, 1.807) is 24.3 Å². The summed E-state index contributed by atoms with van der Waals surface area (Å²) in [5.41, 5.74) is 2.95. The second-order valence-corrected chi connectivity index (χ2v) is 14.2. The van der Waals surface area contributed by atoms with E-state index in [9.17, 15) is 9.59 Å². The summed E-state index contributed by atoms with van der Waals surface area (Å²) in [5.74, 6) is -1.29. The maximum absolute atomic E-state index is 12.7. The molecule has 41 heavy (non-hydrogen) atoms. The highest BCUT2D eigenvalue weighted by molar-refractivity contribution is 9.09. The van der Waals surface area contributed by atoms with Crippen LogP contribution in [0.4, 0.5) is 0 Å². The van der Waals surface area contributed by atoms with E-state index in [2.05, 4.69) is 107 Å². The molecule has 5 aromatic carbocycles. The van der Waals surface area contributed by atoms with E-state index < -0.39 is 19.2 Å². The van der Waals surface area contributed by atoms with Crippen LogP contribution >= 0.6 is 23.2 Å². The van der Waals surface area contributed by atoms with Gasteiger partial charge in [0.15, 0.2) is 0 Å². The molecule has 0 radical (unpaired) electrons. The van der Waals surface area contributed by atoms with Crippen LogP contribution in [0.1, 0.15) is 31.8 Å². The number of hydrogen-bond donors (Lipinski definition) is 0. The molecule has 0 aromatic heterocycles. The van der Waals surface area contributed by atoms with Crippen molar-refractivity contribution in [2.24, 2.45) is 0 Å². The number of carbonyl (C=O) groups excluding carboxylic acids is 2. The lowest BCUT2D eigenvalue weighted by atomic mass is 10.1. The van der Waals surface area contributed by atoms with Gasteiger partial charge in [-0.05, 0) is 78.2 Å². The Morgan fingerprint density at radius 1 is 0.512 bits per heavy atom. The fraction of sp³-hybridized carbons (Fsp3) is 0.111. The largest absolute Gasteiger partial charge is 0.386 e.